The van der Waals surface area contributed by atoms with Gasteiger partial charge in [-0.2, -0.15) is 0 Å². The molecule has 0 aliphatic carbocycles. The van der Waals surface area contributed by atoms with Gasteiger partial charge in [-0.15, -0.1) is 11.3 Å². The molecule has 1 aromatic heterocycles. The predicted octanol–water partition coefficient (Wildman–Crippen LogP) is 4.74. The number of piperidine rings is 1. The van der Waals surface area contributed by atoms with Crippen LogP contribution in [0.25, 0.3) is 10.2 Å². The van der Waals surface area contributed by atoms with Gasteiger partial charge in [0.25, 0.3) is 0 Å². The van der Waals surface area contributed by atoms with Crippen LogP contribution < -0.4 is 5.32 Å². The van der Waals surface area contributed by atoms with Crippen molar-refractivity contribution in [2.45, 2.75) is 44.7 Å². The van der Waals surface area contributed by atoms with Gasteiger partial charge in [0, 0.05) is 5.92 Å². The van der Waals surface area contributed by atoms with Gasteiger partial charge in [0.2, 0.25) is 5.91 Å². The fourth-order valence-corrected chi connectivity index (χ4v) is 5.06. The van der Waals surface area contributed by atoms with Crippen LogP contribution in [0, 0.1) is 0 Å². The summed E-state index contributed by atoms with van der Waals surface area (Å²) in [7, 11) is 0. The number of likely N-dealkylation sites (tertiary alicyclic amines) is 1. The summed E-state index contributed by atoms with van der Waals surface area (Å²) < 4.78 is 1.27. The van der Waals surface area contributed by atoms with Crippen LogP contribution in [0.3, 0.4) is 0 Å². The highest BCUT2D eigenvalue weighted by Crippen LogP contribution is 2.34. The number of nitrogens with zero attached hydrogens (tertiary/aromatic N) is 2. The molecule has 1 aliphatic heterocycles. The number of benzene rings is 2. The first-order valence-electron chi connectivity index (χ1n) is 10.1. The Morgan fingerprint density at radius 1 is 1.07 bits per heavy atom. The minimum Gasteiger partial charge on any atom is -0.348 e. The van der Waals surface area contributed by atoms with Gasteiger partial charge in [-0.25, -0.2) is 4.98 Å². The van der Waals surface area contributed by atoms with Crippen molar-refractivity contribution < 1.29 is 4.79 Å². The zero-order chi connectivity index (χ0) is 19.5. The molecule has 0 spiro atoms. The van der Waals surface area contributed by atoms with E-state index in [1.807, 2.05) is 49.4 Å². The molecular formula is C23H27N3OS. The van der Waals surface area contributed by atoms with Crippen molar-refractivity contribution in [3.63, 3.8) is 0 Å². The highest BCUT2D eigenvalue weighted by molar-refractivity contribution is 7.18. The van der Waals surface area contributed by atoms with E-state index in [2.05, 4.69) is 40.5 Å². The summed E-state index contributed by atoms with van der Waals surface area (Å²) in [4.78, 5) is 19.9. The van der Waals surface area contributed by atoms with Gasteiger partial charge in [-0.05, 0) is 57.5 Å². The molecule has 1 aliphatic rings. The van der Waals surface area contributed by atoms with Crippen LogP contribution in [0.5, 0.6) is 0 Å². The van der Waals surface area contributed by atoms with Gasteiger partial charge in [-0.1, -0.05) is 42.5 Å². The quantitative estimate of drug-likeness (QED) is 0.681. The lowest BCUT2D eigenvalue weighted by molar-refractivity contribution is -0.127. The number of para-hydroxylation sites is 1. The Morgan fingerprint density at radius 3 is 2.46 bits per heavy atom. The number of rotatable bonds is 5. The maximum absolute atomic E-state index is 12.7. The molecule has 4 rings (SSSR count). The van der Waals surface area contributed by atoms with E-state index in [9.17, 15) is 4.79 Å². The molecule has 2 heterocycles. The van der Waals surface area contributed by atoms with Crippen molar-refractivity contribution in [2.24, 2.45) is 0 Å². The minimum atomic E-state index is -0.109. The van der Waals surface area contributed by atoms with E-state index < -0.39 is 0 Å². The smallest absolute Gasteiger partial charge is 0.237 e. The second-order valence-electron chi connectivity index (χ2n) is 7.65. The summed E-state index contributed by atoms with van der Waals surface area (Å²) in [5.74, 6) is 0.613. The van der Waals surface area contributed by atoms with E-state index in [1.54, 1.807) is 0 Å². The third kappa shape index (κ3) is 4.10. The molecule has 2 atom stereocenters. The van der Waals surface area contributed by atoms with Crippen LogP contribution in [-0.2, 0) is 4.79 Å². The molecule has 1 fully saturated rings. The number of hydrogen-bond donors (Lipinski definition) is 1. The predicted molar refractivity (Wildman–Crippen MR) is 116 cm³/mol. The Hall–Kier alpha value is -2.24. The first kappa shape index (κ1) is 19.1. The number of nitrogens with one attached hydrogen (secondary N) is 1. The van der Waals surface area contributed by atoms with E-state index >= 15 is 0 Å². The van der Waals surface area contributed by atoms with Crippen molar-refractivity contribution in [3.8, 4) is 0 Å². The normalized spacial score (nSPS) is 18.1. The molecule has 0 radical (unpaired) electrons. The van der Waals surface area contributed by atoms with E-state index in [0.29, 0.717) is 5.92 Å². The highest BCUT2D eigenvalue weighted by atomic mass is 32.1. The van der Waals surface area contributed by atoms with E-state index in [0.717, 1.165) is 37.0 Å². The van der Waals surface area contributed by atoms with Crippen LogP contribution in [0.1, 0.15) is 49.2 Å². The fraction of sp³-hybridized carbons (Fsp3) is 0.391. The van der Waals surface area contributed by atoms with Crippen LogP contribution in [0.2, 0.25) is 0 Å². The lowest BCUT2D eigenvalue weighted by atomic mass is 9.96. The summed E-state index contributed by atoms with van der Waals surface area (Å²) in [5, 5.41) is 4.41. The van der Waals surface area contributed by atoms with Gasteiger partial charge in [0.1, 0.15) is 0 Å². The van der Waals surface area contributed by atoms with Crippen molar-refractivity contribution in [3.05, 3.63) is 65.2 Å². The zero-order valence-electron chi connectivity index (χ0n) is 16.5. The van der Waals surface area contributed by atoms with Gasteiger partial charge < -0.3 is 5.32 Å². The molecule has 5 heteroatoms. The zero-order valence-corrected chi connectivity index (χ0v) is 17.3. The molecule has 28 heavy (non-hydrogen) atoms. The molecule has 2 aromatic carbocycles. The second-order valence-corrected chi connectivity index (χ2v) is 8.71. The molecule has 2 unspecified atom stereocenters. The first-order valence-corrected chi connectivity index (χ1v) is 10.9. The van der Waals surface area contributed by atoms with Gasteiger partial charge in [0.05, 0.1) is 27.3 Å². The number of carbonyl (C=O) groups is 1. The molecule has 146 valence electrons. The monoisotopic (exact) mass is 393 g/mol. The Labute approximate surface area is 170 Å². The number of aromatic nitrogens is 1. The highest BCUT2D eigenvalue weighted by Gasteiger charge is 2.29. The Bertz CT molecular complexity index is 898. The Balaban J connectivity index is 1.33. The summed E-state index contributed by atoms with van der Waals surface area (Å²) in [6.07, 6.45) is 2.12. The van der Waals surface area contributed by atoms with Crippen LogP contribution >= 0.6 is 11.3 Å². The molecule has 4 nitrogen and oxygen atoms in total. The third-order valence-corrected chi connectivity index (χ3v) is 6.97. The second kappa shape index (κ2) is 8.41. The van der Waals surface area contributed by atoms with Gasteiger partial charge >= 0.3 is 0 Å². The molecule has 1 amide bonds. The van der Waals surface area contributed by atoms with E-state index in [1.165, 1.54) is 9.71 Å². The van der Waals surface area contributed by atoms with Gasteiger partial charge in [0.15, 0.2) is 0 Å². The molecule has 0 bridgehead atoms. The average molecular weight is 394 g/mol. The van der Waals surface area contributed by atoms with Crippen molar-refractivity contribution in [2.75, 3.05) is 13.1 Å². The number of hydrogen-bond acceptors (Lipinski definition) is 4. The third-order valence-electron chi connectivity index (χ3n) is 5.77. The SMILES string of the molecule is CC(NC(=O)C(C)N1CCC(c2nc3ccccc3s2)CC1)c1ccccc1. The topological polar surface area (TPSA) is 45.2 Å². The number of amides is 1. The van der Waals surface area contributed by atoms with Gasteiger partial charge in [-0.3, -0.25) is 9.69 Å². The van der Waals surface area contributed by atoms with Crippen molar-refractivity contribution in [1.29, 1.82) is 0 Å². The summed E-state index contributed by atoms with van der Waals surface area (Å²) >= 11 is 1.82. The summed E-state index contributed by atoms with van der Waals surface area (Å²) in [5.41, 5.74) is 2.24. The Morgan fingerprint density at radius 2 is 1.75 bits per heavy atom. The van der Waals surface area contributed by atoms with Crippen LogP contribution in [-0.4, -0.2) is 34.9 Å². The summed E-state index contributed by atoms with van der Waals surface area (Å²) in [6.45, 7) is 5.94. The molecule has 1 saturated heterocycles. The minimum absolute atomic E-state index is 0.0245. The van der Waals surface area contributed by atoms with Crippen molar-refractivity contribution >= 4 is 27.5 Å². The lowest BCUT2D eigenvalue weighted by Gasteiger charge is -2.35. The van der Waals surface area contributed by atoms with E-state index in [-0.39, 0.29) is 18.0 Å². The van der Waals surface area contributed by atoms with Crippen LogP contribution in [0.4, 0.5) is 0 Å². The Kier molecular flexibility index (Phi) is 5.74. The van der Waals surface area contributed by atoms with Crippen LogP contribution in [0.15, 0.2) is 54.6 Å². The standard InChI is InChI=1S/C23H27N3OS/c1-16(18-8-4-3-5-9-18)24-22(27)17(2)26-14-12-19(13-15-26)23-25-20-10-6-7-11-21(20)28-23/h3-11,16-17,19H,12-15H2,1-2H3,(H,24,27). The summed E-state index contributed by atoms with van der Waals surface area (Å²) in [6, 6.07) is 18.4. The number of fused-ring (bicyclic) bond motifs is 1. The largest absolute Gasteiger partial charge is 0.348 e. The molecular weight excluding hydrogens is 366 g/mol. The maximum atomic E-state index is 12.7. The average Bonchev–Trinajstić information content (AvgIpc) is 3.18. The molecule has 1 N–H and O–H groups in total. The van der Waals surface area contributed by atoms with E-state index in [4.69, 9.17) is 4.98 Å². The lowest BCUT2D eigenvalue weighted by Crippen LogP contribution is -2.48. The number of carbonyl (C=O) groups excluding carboxylic acids is 1. The van der Waals surface area contributed by atoms with Crippen molar-refractivity contribution in [1.82, 2.24) is 15.2 Å². The number of thiazole rings is 1. The fourth-order valence-electron chi connectivity index (χ4n) is 3.92. The molecule has 0 saturated carbocycles. The first-order chi connectivity index (χ1) is 13.6. The maximum Gasteiger partial charge on any atom is 0.237 e. The molecule has 3 aromatic rings.